The fourth-order valence-corrected chi connectivity index (χ4v) is 4.04. The van der Waals surface area contributed by atoms with Gasteiger partial charge in [0.1, 0.15) is 5.82 Å². The Morgan fingerprint density at radius 1 is 1.13 bits per heavy atom. The zero-order valence-electron chi connectivity index (χ0n) is 17.4. The van der Waals surface area contributed by atoms with Crippen LogP contribution in [0.1, 0.15) is 38.4 Å². The van der Waals surface area contributed by atoms with Crippen LogP contribution in [0.25, 0.3) is 22.4 Å². The van der Waals surface area contributed by atoms with Crippen molar-refractivity contribution in [2.75, 3.05) is 6.61 Å². The van der Waals surface area contributed by atoms with Crippen LogP contribution in [0.3, 0.4) is 0 Å². The third-order valence-corrected chi connectivity index (χ3v) is 5.77. The highest BCUT2D eigenvalue weighted by molar-refractivity contribution is 7.89. The van der Waals surface area contributed by atoms with E-state index in [1.165, 1.54) is 18.2 Å². The number of hydrogen-bond acceptors (Lipinski definition) is 5. The van der Waals surface area contributed by atoms with Crippen molar-refractivity contribution in [3.8, 4) is 28.3 Å². The fourth-order valence-electron chi connectivity index (χ4n) is 3.29. The van der Waals surface area contributed by atoms with Crippen LogP contribution in [-0.4, -0.2) is 25.1 Å². The summed E-state index contributed by atoms with van der Waals surface area (Å²) in [5.74, 6) is -0.187. The molecule has 1 atom stereocenters. The topological polar surface area (TPSA) is 103 Å². The molecule has 31 heavy (non-hydrogen) atoms. The molecular weight excluding hydrogens is 419 g/mol. The van der Waals surface area contributed by atoms with E-state index >= 15 is 0 Å². The number of benzene rings is 2. The average Bonchev–Trinajstić information content (AvgIpc) is 2.73. The summed E-state index contributed by atoms with van der Waals surface area (Å²) in [6.45, 7) is 3.96. The zero-order valence-corrected chi connectivity index (χ0v) is 18.2. The first kappa shape index (κ1) is 22.9. The van der Waals surface area contributed by atoms with Gasteiger partial charge in [-0.05, 0) is 55.3 Å². The van der Waals surface area contributed by atoms with E-state index in [2.05, 4.69) is 4.98 Å². The summed E-state index contributed by atoms with van der Waals surface area (Å²) in [6, 6.07) is 13.7. The minimum Gasteiger partial charge on any atom is -0.477 e. The Bertz CT molecular complexity index is 1160. The SMILES string of the molecule is CCCCOc1nc(-c2ccc(F)cc2)cc(-c2ccccc2S(N)(=O)=O)c1C(C)O. The average molecular weight is 445 g/mol. The summed E-state index contributed by atoms with van der Waals surface area (Å²) < 4.78 is 43.8. The molecule has 0 aliphatic carbocycles. The molecule has 8 heteroatoms. The predicted molar refractivity (Wildman–Crippen MR) is 117 cm³/mol. The minimum absolute atomic E-state index is 0.0762. The van der Waals surface area contributed by atoms with E-state index in [1.807, 2.05) is 6.92 Å². The van der Waals surface area contributed by atoms with Crippen LogP contribution in [-0.2, 0) is 10.0 Å². The van der Waals surface area contributed by atoms with Gasteiger partial charge < -0.3 is 9.84 Å². The quantitative estimate of drug-likeness (QED) is 0.500. The zero-order chi connectivity index (χ0) is 22.6. The molecule has 0 fully saturated rings. The van der Waals surface area contributed by atoms with Gasteiger partial charge in [-0.3, -0.25) is 0 Å². The van der Waals surface area contributed by atoms with E-state index in [0.29, 0.717) is 34.6 Å². The summed E-state index contributed by atoms with van der Waals surface area (Å²) in [6.07, 6.45) is 0.697. The number of nitrogens with two attached hydrogens (primary N) is 1. The van der Waals surface area contributed by atoms with Crippen molar-refractivity contribution in [3.63, 3.8) is 0 Å². The number of aliphatic hydroxyl groups is 1. The van der Waals surface area contributed by atoms with Crippen molar-refractivity contribution < 1.29 is 22.7 Å². The Balaban J connectivity index is 2.31. The monoisotopic (exact) mass is 444 g/mol. The molecular formula is C23H25FN2O4S. The van der Waals surface area contributed by atoms with Crippen LogP contribution >= 0.6 is 0 Å². The summed E-state index contributed by atoms with van der Waals surface area (Å²) in [4.78, 5) is 4.48. The molecule has 2 aromatic carbocycles. The number of hydrogen-bond donors (Lipinski definition) is 2. The molecule has 0 saturated carbocycles. The number of primary sulfonamides is 1. The van der Waals surface area contributed by atoms with Crippen LogP contribution in [0, 0.1) is 5.82 Å². The van der Waals surface area contributed by atoms with Gasteiger partial charge in [0.25, 0.3) is 0 Å². The van der Waals surface area contributed by atoms with Crippen molar-refractivity contribution in [3.05, 3.63) is 66.0 Å². The number of pyridine rings is 1. The van der Waals surface area contributed by atoms with Gasteiger partial charge in [0, 0.05) is 11.1 Å². The summed E-state index contributed by atoms with van der Waals surface area (Å²) in [5.41, 5.74) is 2.19. The van der Waals surface area contributed by atoms with Crippen LogP contribution < -0.4 is 9.88 Å². The number of sulfonamides is 1. The molecule has 0 bridgehead atoms. The van der Waals surface area contributed by atoms with Crippen molar-refractivity contribution >= 4 is 10.0 Å². The first-order chi connectivity index (χ1) is 14.7. The molecule has 0 spiro atoms. The summed E-state index contributed by atoms with van der Waals surface area (Å²) in [7, 11) is -4.03. The van der Waals surface area contributed by atoms with E-state index in [9.17, 15) is 17.9 Å². The first-order valence-corrected chi connectivity index (χ1v) is 11.5. The molecule has 1 unspecified atom stereocenters. The fraction of sp³-hybridized carbons (Fsp3) is 0.261. The van der Waals surface area contributed by atoms with Crippen LogP contribution in [0.5, 0.6) is 5.88 Å². The Morgan fingerprint density at radius 3 is 2.42 bits per heavy atom. The Morgan fingerprint density at radius 2 is 1.81 bits per heavy atom. The number of halogens is 1. The van der Waals surface area contributed by atoms with Gasteiger partial charge in [-0.15, -0.1) is 0 Å². The highest BCUT2D eigenvalue weighted by Gasteiger charge is 2.24. The number of rotatable bonds is 8. The maximum Gasteiger partial charge on any atom is 0.238 e. The molecule has 0 radical (unpaired) electrons. The molecule has 0 aliphatic heterocycles. The third-order valence-electron chi connectivity index (χ3n) is 4.80. The van der Waals surface area contributed by atoms with Gasteiger partial charge in [0.05, 0.1) is 28.9 Å². The first-order valence-electron chi connectivity index (χ1n) is 9.96. The van der Waals surface area contributed by atoms with E-state index in [0.717, 1.165) is 12.8 Å². The highest BCUT2D eigenvalue weighted by atomic mass is 32.2. The second-order valence-corrected chi connectivity index (χ2v) is 8.73. The Kier molecular flexibility index (Phi) is 7.04. The van der Waals surface area contributed by atoms with Gasteiger partial charge >= 0.3 is 0 Å². The van der Waals surface area contributed by atoms with Gasteiger partial charge in [-0.1, -0.05) is 31.5 Å². The van der Waals surface area contributed by atoms with Crippen molar-refractivity contribution in [2.24, 2.45) is 5.14 Å². The van der Waals surface area contributed by atoms with Crippen molar-refractivity contribution in [1.29, 1.82) is 0 Å². The van der Waals surface area contributed by atoms with Gasteiger partial charge in [-0.2, -0.15) is 0 Å². The van der Waals surface area contributed by atoms with Crippen LogP contribution in [0.15, 0.2) is 59.5 Å². The Hall–Kier alpha value is -2.81. The molecule has 3 rings (SSSR count). The number of ether oxygens (including phenoxy) is 1. The van der Waals surface area contributed by atoms with E-state index in [1.54, 1.807) is 43.3 Å². The van der Waals surface area contributed by atoms with E-state index < -0.39 is 16.1 Å². The lowest BCUT2D eigenvalue weighted by atomic mass is 9.95. The number of nitrogens with zero attached hydrogens (tertiary/aromatic N) is 1. The highest BCUT2D eigenvalue weighted by Crippen LogP contribution is 2.39. The van der Waals surface area contributed by atoms with Gasteiger partial charge in [0.15, 0.2) is 0 Å². The maximum atomic E-state index is 13.4. The lowest BCUT2D eigenvalue weighted by Crippen LogP contribution is -2.14. The van der Waals surface area contributed by atoms with E-state index in [4.69, 9.17) is 9.88 Å². The summed E-state index contributed by atoms with van der Waals surface area (Å²) in [5, 5.41) is 16.0. The van der Waals surface area contributed by atoms with Crippen LogP contribution in [0.2, 0.25) is 0 Å². The number of unbranched alkanes of at least 4 members (excludes halogenated alkanes) is 1. The lowest BCUT2D eigenvalue weighted by Gasteiger charge is -2.20. The third kappa shape index (κ3) is 5.28. The van der Waals surface area contributed by atoms with E-state index in [-0.39, 0.29) is 16.6 Å². The molecule has 0 saturated heterocycles. The van der Waals surface area contributed by atoms with Crippen molar-refractivity contribution in [2.45, 2.75) is 37.7 Å². The molecule has 1 heterocycles. The standard InChI is InChI=1S/C23H25FN2O4S/c1-3-4-13-30-23-22(15(2)27)19(18-7-5-6-8-21(18)31(25,28)29)14-20(26-23)16-9-11-17(24)12-10-16/h5-12,14-15,27H,3-4,13H2,1-2H3,(H2,25,28,29). The molecule has 6 nitrogen and oxygen atoms in total. The predicted octanol–water partition coefficient (Wildman–Crippen LogP) is 4.43. The molecule has 3 aromatic rings. The molecule has 0 aliphatic rings. The number of aromatic nitrogens is 1. The molecule has 164 valence electrons. The molecule has 1 aromatic heterocycles. The normalized spacial score (nSPS) is 12.5. The Labute approximate surface area is 181 Å². The minimum atomic E-state index is -4.03. The lowest BCUT2D eigenvalue weighted by molar-refractivity contribution is 0.189. The maximum absolute atomic E-state index is 13.4. The van der Waals surface area contributed by atoms with Gasteiger partial charge in [0.2, 0.25) is 15.9 Å². The molecule has 3 N–H and O–H groups in total. The number of aliphatic hydroxyl groups excluding tert-OH is 1. The van der Waals surface area contributed by atoms with Crippen LogP contribution in [0.4, 0.5) is 4.39 Å². The molecule has 0 amide bonds. The second-order valence-electron chi connectivity index (χ2n) is 7.20. The summed E-state index contributed by atoms with van der Waals surface area (Å²) >= 11 is 0. The largest absolute Gasteiger partial charge is 0.477 e. The smallest absolute Gasteiger partial charge is 0.238 e. The van der Waals surface area contributed by atoms with Gasteiger partial charge in [-0.25, -0.2) is 22.9 Å². The van der Waals surface area contributed by atoms with Crippen molar-refractivity contribution in [1.82, 2.24) is 4.98 Å². The second kappa shape index (κ2) is 9.55.